The summed E-state index contributed by atoms with van der Waals surface area (Å²) in [5.74, 6) is 0.288. The molecule has 0 saturated carbocycles. The van der Waals surface area contributed by atoms with Crippen molar-refractivity contribution in [1.82, 2.24) is 9.88 Å². The number of carbonyl (C=O) groups is 1. The van der Waals surface area contributed by atoms with Crippen LogP contribution < -0.4 is 0 Å². The van der Waals surface area contributed by atoms with Crippen LogP contribution in [-0.2, 0) is 11.2 Å². The SMILES string of the molecule is O=C(CCc1cscn1)N1CCCC1. The van der Waals surface area contributed by atoms with Crippen LogP contribution in [0.25, 0.3) is 0 Å². The van der Waals surface area contributed by atoms with E-state index in [2.05, 4.69) is 4.98 Å². The van der Waals surface area contributed by atoms with Crippen molar-refractivity contribution in [2.45, 2.75) is 25.7 Å². The van der Waals surface area contributed by atoms with Gasteiger partial charge in [0, 0.05) is 24.9 Å². The first-order valence-electron chi connectivity index (χ1n) is 5.01. The normalized spacial score (nSPS) is 16.1. The third-order valence-electron chi connectivity index (χ3n) is 2.54. The first kappa shape index (κ1) is 9.65. The van der Waals surface area contributed by atoms with Crippen LogP contribution in [0.3, 0.4) is 0 Å². The topological polar surface area (TPSA) is 33.2 Å². The average Bonchev–Trinajstić information content (AvgIpc) is 2.87. The quantitative estimate of drug-likeness (QED) is 0.760. The molecule has 0 aliphatic carbocycles. The second-order valence-electron chi connectivity index (χ2n) is 3.57. The molecule has 0 aromatic carbocycles. The van der Waals surface area contributed by atoms with Gasteiger partial charge in [0.25, 0.3) is 0 Å². The molecule has 1 aliphatic heterocycles. The molecule has 76 valence electrons. The van der Waals surface area contributed by atoms with E-state index < -0.39 is 0 Å². The molecule has 0 bridgehead atoms. The van der Waals surface area contributed by atoms with Gasteiger partial charge in [0.1, 0.15) is 0 Å². The predicted octanol–water partition coefficient (Wildman–Crippen LogP) is 1.70. The molecule has 0 N–H and O–H groups in total. The molecule has 1 amide bonds. The summed E-state index contributed by atoms with van der Waals surface area (Å²) in [5, 5.41) is 2.01. The van der Waals surface area contributed by atoms with E-state index in [4.69, 9.17) is 0 Å². The van der Waals surface area contributed by atoms with Crippen molar-refractivity contribution < 1.29 is 4.79 Å². The lowest BCUT2D eigenvalue weighted by Crippen LogP contribution is -2.27. The van der Waals surface area contributed by atoms with Crippen molar-refractivity contribution in [2.24, 2.45) is 0 Å². The van der Waals surface area contributed by atoms with Crippen LogP contribution >= 0.6 is 11.3 Å². The van der Waals surface area contributed by atoms with Gasteiger partial charge in [0.05, 0.1) is 11.2 Å². The number of aryl methyl sites for hydroxylation is 1. The first-order valence-corrected chi connectivity index (χ1v) is 5.95. The Kier molecular flexibility index (Phi) is 3.14. The Bertz CT molecular complexity index is 291. The van der Waals surface area contributed by atoms with Crippen molar-refractivity contribution in [3.63, 3.8) is 0 Å². The molecule has 1 aromatic rings. The van der Waals surface area contributed by atoms with E-state index in [9.17, 15) is 4.79 Å². The maximum atomic E-state index is 11.6. The molecule has 14 heavy (non-hydrogen) atoms. The van der Waals surface area contributed by atoms with Crippen molar-refractivity contribution in [3.8, 4) is 0 Å². The molecule has 4 heteroatoms. The number of nitrogens with zero attached hydrogens (tertiary/aromatic N) is 2. The molecular formula is C10H14N2OS. The Hall–Kier alpha value is -0.900. The predicted molar refractivity (Wildman–Crippen MR) is 56.2 cm³/mol. The summed E-state index contributed by atoms with van der Waals surface area (Å²) < 4.78 is 0. The molecule has 0 radical (unpaired) electrons. The lowest BCUT2D eigenvalue weighted by molar-refractivity contribution is -0.130. The van der Waals surface area contributed by atoms with E-state index in [1.165, 1.54) is 12.8 Å². The van der Waals surface area contributed by atoms with Crippen LogP contribution in [0.1, 0.15) is 25.0 Å². The Morgan fingerprint density at radius 3 is 2.93 bits per heavy atom. The molecule has 0 unspecified atom stereocenters. The average molecular weight is 210 g/mol. The van der Waals surface area contributed by atoms with Crippen LogP contribution in [0, 0.1) is 0 Å². The summed E-state index contributed by atoms with van der Waals surface area (Å²) in [6.45, 7) is 1.91. The Morgan fingerprint density at radius 2 is 2.29 bits per heavy atom. The van der Waals surface area contributed by atoms with Crippen LogP contribution in [0.15, 0.2) is 10.9 Å². The summed E-state index contributed by atoms with van der Waals surface area (Å²) in [7, 11) is 0. The molecule has 1 fully saturated rings. The number of aromatic nitrogens is 1. The zero-order valence-electron chi connectivity index (χ0n) is 8.11. The molecule has 0 spiro atoms. The number of hydrogen-bond donors (Lipinski definition) is 0. The van der Waals surface area contributed by atoms with Crippen LogP contribution in [-0.4, -0.2) is 28.9 Å². The molecule has 1 saturated heterocycles. The zero-order valence-corrected chi connectivity index (χ0v) is 8.92. The number of thiazole rings is 1. The van der Waals surface area contributed by atoms with Gasteiger partial charge in [-0.1, -0.05) is 0 Å². The van der Waals surface area contributed by atoms with E-state index in [0.29, 0.717) is 6.42 Å². The maximum Gasteiger partial charge on any atom is 0.222 e. The van der Waals surface area contributed by atoms with E-state index in [0.717, 1.165) is 25.2 Å². The smallest absolute Gasteiger partial charge is 0.222 e. The number of amides is 1. The summed E-state index contributed by atoms with van der Waals surface area (Å²) in [4.78, 5) is 17.8. The van der Waals surface area contributed by atoms with Gasteiger partial charge >= 0.3 is 0 Å². The lowest BCUT2D eigenvalue weighted by Gasteiger charge is -2.14. The van der Waals surface area contributed by atoms with Crippen molar-refractivity contribution in [2.75, 3.05) is 13.1 Å². The lowest BCUT2D eigenvalue weighted by atomic mass is 10.2. The Morgan fingerprint density at radius 1 is 1.50 bits per heavy atom. The zero-order chi connectivity index (χ0) is 9.80. The minimum absolute atomic E-state index is 0.288. The minimum atomic E-state index is 0.288. The Labute approximate surface area is 87.8 Å². The van der Waals surface area contributed by atoms with E-state index >= 15 is 0 Å². The molecule has 1 aromatic heterocycles. The second kappa shape index (κ2) is 4.55. The first-order chi connectivity index (χ1) is 6.86. The van der Waals surface area contributed by atoms with Crippen molar-refractivity contribution in [3.05, 3.63) is 16.6 Å². The molecular weight excluding hydrogens is 196 g/mol. The van der Waals surface area contributed by atoms with Gasteiger partial charge in [-0.3, -0.25) is 4.79 Å². The van der Waals surface area contributed by atoms with E-state index in [1.807, 2.05) is 15.8 Å². The Balaban J connectivity index is 1.77. The fraction of sp³-hybridized carbons (Fsp3) is 0.600. The largest absolute Gasteiger partial charge is 0.343 e. The second-order valence-corrected chi connectivity index (χ2v) is 4.29. The highest BCUT2D eigenvalue weighted by molar-refractivity contribution is 7.07. The number of hydrogen-bond acceptors (Lipinski definition) is 3. The third kappa shape index (κ3) is 2.32. The number of likely N-dealkylation sites (tertiary alicyclic amines) is 1. The van der Waals surface area contributed by atoms with Crippen LogP contribution in [0.5, 0.6) is 0 Å². The summed E-state index contributed by atoms with van der Waals surface area (Å²) in [5.41, 5.74) is 2.86. The van der Waals surface area contributed by atoms with E-state index in [-0.39, 0.29) is 5.91 Å². The summed E-state index contributed by atoms with van der Waals surface area (Å²) in [6.07, 6.45) is 3.74. The standard InChI is InChI=1S/C10H14N2OS/c13-10(12-5-1-2-6-12)4-3-9-7-14-8-11-9/h7-8H,1-6H2. The highest BCUT2D eigenvalue weighted by atomic mass is 32.1. The summed E-state index contributed by atoms with van der Waals surface area (Å²) in [6, 6.07) is 0. The number of rotatable bonds is 3. The van der Waals surface area contributed by atoms with Crippen LogP contribution in [0.4, 0.5) is 0 Å². The molecule has 3 nitrogen and oxygen atoms in total. The maximum absolute atomic E-state index is 11.6. The summed E-state index contributed by atoms with van der Waals surface area (Å²) >= 11 is 1.59. The van der Waals surface area contributed by atoms with Gasteiger partial charge in [-0.2, -0.15) is 0 Å². The van der Waals surface area contributed by atoms with Crippen molar-refractivity contribution >= 4 is 17.2 Å². The van der Waals surface area contributed by atoms with Gasteiger partial charge in [-0.25, -0.2) is 4.98 Å². The highest BCUT2D eigenvalue weighted by Gasteiger charge is 2.17. The van der Waals surface area contributed by atoms with E-state index in [1.54, 1.807) is 11.3 Å². The van der Waals surface area contributed by atoms with Gasteiger partial charge in [-0.15, -0.1) is 11.3 Å². The fourth-order valence-electron chi connectivity index (χ4n) is 1.72. The monoisotopic (exact) mass is 210 g/mol. The molecule has 2 rings (SSSR count). The van der Waals surface area contributed by atoms with Gasteiger partial charge in [0.15, 0.2) is 0 Å². The number of carbonyl (C=O) groups excluding carboxylic acids is 1. The van der Waals surface area contributed by atoms with Crippen LogP contribution in [0.2, 0.25) is 0 Å². The highest BCUT2D eigenvalue weighted by Crippen LogP contribution is 2.11. The molecule has 0 atom stereocenters. The molecule has 2 heterocycles. The van der Waals surface area contributed by atoms with Gasteiger partial charge < -0.3 is 4.90 Å². The van der Waals surface area contributed by atoms with Gasteiger partial charge in [0.2, 0.25) is 5.91 Å². The van der Waals surface area contributed by atoms with Gasteiger partial charge in [-0.05, 0) is 19.3 Å². The minimum Gasteiger partial charge on any atom is -0.343 e. The van der Waals surface area contributed by atoms with Crippen molar-refractivity contribution in [1.29, 1.82) is 0 Å². The fourth-order valence-corrected chi connectivity index (χ4v) is 2.31. The third-order valence-corrected chi connectivity index (χ3v) is 3.17. The molecule has 1 aliphatic rings.